The van der Waals surface area contributed by atoms with Crippen LogP contribution in [0.25, 0.3) is 0 Å². The van der Waals surface area contributed by atoms with Crippen molar-refractivity contribution in [1.82, 2.24) is 4.90 Å². The van der Waals surface area contributed by atoms with Crippen LogP contribution in [0.5, 0.6) is 0 Å². The van der Waals surface area contributed by atoms with Crippen molar-refractivity contribution < 1.29 is 4.74 Å². The van der Waals surface area contributed by atoms with Crippen LogP contribution in [0.3, 0.4) is 0 Å². The molecule has 0 amide bonds. The summed E-state index contributed by atoms with van der Waals surface area (Å²) in [6.07, 6.45) is 2.78. The van der Waals surface area contributed by atoms with Gasteiger partial charge in [-0.2, -0.15) is 0 Å². The van der Waals surface area contributed by atoms with Gasteiger partial charge in [-0.1, -0.05) is 0 Å². The molecule has 64 valence electrons. The van der Waals surface area contributed by atoms with Gasteiger partial charge in [-0.15, -0.1) is 12.4 Å². The summed E-state index contributed by atoms with van der Waals surface area (Å²) in [5, 5.41) is 0. The molecule has 1 unspecified atom stereocenters. The number of ether oxygens (including phenoxy) is 1. The van der Waals surface area contributed by atoms with E-state index in [9.17, 15) is 0 Å². The Hall–Kier alpha value is 0.210. The highest BCUT2D eigenvalue weighted by Crippen LogP contribution is 2.46. The highest BCUT2D eigenvalue weighted by Gasteiger charge is 2.56. The smallest absolute Gasteiger partial charge is 0.107 e. The first kappa shape index (κ1) is 7.84. The Kier molecular flexibility index (Phi) is 1.67. The Morgan fingerprint density at radius 3 is 2.18 bits per heavy atom. The van der Waals surface area contributed by atoms with Gasteiger partial charge in [-0.3, -0.25) is 0 Å². The summed E-state index contributed by atoms with van der Waals surface area (Å²) >= 11 is 0. The van der Waals surface area contributed by atoms with Gasteiger partial charge < -0.3 is 9.64 Å². The van der Waals surface area contributed by atoms with Gasteiger partial charge in [0, 0.05) is 6.54 Å². The highest BCUT2D eigenvalue weighted by atomic mass is 35.5. The molecule has 3 heteroatoms. The van der Waals surface area contributed by atoms with Gasteiger partial charge in [-0.25, -0.2) is 0 Å². The van der Waals surface area contributed by atoms with Gasteiger partial charge in [0.25, 0.3) is 0 Å². The third kappa shape index (κ3) is 1.00. The predicted octanol–water partition coefficient (Wildman–Crippen LogP) is 0.903. The lowest BCUT2D eigenvalue weighted by Crippen LogP contribution is -2.52. The molecular formula is C8H14ClNO. The first-order valence-electron chi connectivity index (χ1n) is 4.25. The lowest BCUT2D eigenvalue weighted by Gasteiger charge is -2.43. The van der Waals surface area contributed by atoms with Gasteiger partial charge in [-0.05, 0) is 31.8 Å². The number of rotatable bonds is 0. The summed E-state index contributed by atoms with van der Waals surface area (Å²) in [4.78, 5) is 2.55. The summed E-state index contributed by atoms with van der Waals surface area (Å²) in [6, 6.07) is 0. The zero-order valence-electron chi connectivity index (χ0n) is 6.58. The number of fused-ring (bicyclic) bond motifs is 2. The summed E-state index contributed by atoms with van der Waals surface area (Å²) in [7, 11) is 0. The van der Waals surface area contributed by atoms with Crippen molar-refractivity contribution in [2.75, 3.05) is 26.2 Å². The average Bonchev–Trinajstić information content (AvgIpc) is 2.72. The van der Waals surface area contributed by atoms with Crippen molar-refractivity contribution in [2.24, 2.45) is 5.92 Å². The summed E-state index contributed by atoms with van der Waals surface area (Å²) < 4.78 is 5.53. The van der Waals surface area contributed by atoms with E-state index in [4.69, 9.17) is 4.74 Å². The molecule has 0 aromatic rings. The molecule has 0 aromatic heterocycles. The SMILES string of the molecule is C1CN2CCC1C1(CO1)C2.Cl. The molecule has 1 atom stereocenters. The second-order valence-electron chi connectivity index (χ2n) is 3.90. The zero-order chi connectivity index (χ0) is 6.60. The van der Waals surface area contributed by atoms with Crippen LogP contribution in [0.15, 0.2) is 0 Å². The molecule has 4 heterocycles. The molecule has 0 aromatic carbocycles. The van der Waals surface area contributed by atoms with E-state index in [1.54, 1.807) is 0 Å². The van der Waals surface area contributed by atoms with E-state index in [1.165, 1.54) is 32.5 Å². The quantitative estimate of drug-likeness (QED) is 0.509. The Morgan fingerprint density at radius 2 is 1.91 bits per heavy atom. The van der Waals surface area contributed by atoms with Gasteiger partial charge >= 0.3 is 0 Å². The molecule has 11 heavy (non-hydrogen) atoms. The number of hydrogen-bond donors (Lipinski definition) is 0. The summed E-state index contributed by atoms with van der Waals surface area (Å²) in [5.74, 6) is 0.914. The van der Waals surface area contributed by atoms with Crippen molar-refractivity contribution in [3.8, 4) is 0 Å². The van der Waals surface area contributed by atoms with Crippen LogP contribution in [-0.4, -0.2) is 36.7 Å². The third-order valence-corrected chi connectivity index (χ3v) is 3.34. The van der Waals surface area contributed by atoms with E-state index in [1.807, 2.05) is 0 Å². The lowest BCUT2D eigenvalue weighted by molar-refractivity contribution is 0.0242. The van der Waals surface area contributed by atoms with E-state index >= 15 is 0 Å². The Labute approximate surface area is 73.3 Å². The highest BCUT2D eigenvalue weighted by molar-refractivity contribution is 5.85. The van der Waals surface area contributed by atoms with Crippen LogP contribution in [0.4, 0.5) is 0 Å². The Bertz CT molecular complexity index is 161. The zero-order valence-corrected chi connectivity index (χ0v) is 7.40. The van der Waals surface area contributed by atoms with Crippen LogP contribution in [-0.2, 0) is 4.74 Å². The molecule has 4 saturated heterocycles. The fraction of sp³-hybridized carbons (Fsp3) is 1.00. The molecule has 4 aliphatic heterocycles. The molecule has 2 bridgehead atoms. The van der Waals surface area contributed by atoms with E-state index in [0.717, 1.165) is 12.5 Å². The molecule has 4 rings (SSSR count). The molecular weight excluding hydrogens is 162 g/mol. The van der Waals surface area contributed by atoms with Gasteiger partial charge in [0.2, 0.25) is 0 Å². The van der Waals surface area contributed by atoms with Gasteiger partial charge in [0.15, 0.2) is 0 Å². The predicted molar refractivity (Wildman–Crippen MR) is 45.1 cm³/mol. The molecule has 0 saturated carbocycles. The molecule has 0 aliphatic carbocycles. The Balaban J connectivity index is 0.000000480. The number of nitrogens with zero attached hydrogens (tertiary/aromatic N) is 1. The fourth-order valence-electron chi connectivity index (χ4n) is 2.54. The third-order valence-electron chi connectivity index (χ3n) is 3.34. The van der Waals surface area contributed by atoms with E-state index in [2.05, 4.69) is 4.90 Å². The number of halogens is 1. The first-order chi connectivity index (χ1) is 4.89. The topological polar surface area (TPSA) is 15.8 Å². The number of piperidine rings is 3. The van der Waals surface area contributed by atoms with Crippen LogP contribution in [0, 0.1) is 5.92 Å². The van der Waals surface area contributed by atoms with Crippen molar-refractivity contribution in [2.45, 2.75) is 18.4 Å². The Morgan fingerprint density at radius 1 is 1.27 bits per heavy atom. The molecule has 4 fully saturated rings. The monoisotopic (exact) mass is 175 g/mol. The normalized spacial score (nSPS) is 52.4. The van der Waals surface area contributed by atoms with Gasteiger partial charge in [0.05, 0.1) is 6.61 Å². The minimum Gasteiger partial charge on any atom is -0.368 e. The summed E-state index contributed by atoms with van der Waals surface area (Å²) in [5.41, 5.74) is 0.372. The van der Waals surface area contributed by atoms with Crippen molar-refractivity contribution >= 4 is 12.4 Å². The van der Waals surface area contributed by atoms with Gasteiger partial charge in [0.1, 0.15) is 5.60 Å². The van der Waals surface area contributed by atoms with Crippen molar-refractivity contribution in [1.29, 1.82) is 0 Å². The van der Waals surface area contributed by atoms with Crippen LogP contribution in [0.2, 0.25) is 0 Å². The number of hydrogen-bond acceptors (Lipinski definition) is 2. The molecule has 0 radical (unpaired) electrons. The minimum absolute atomic E-state index is 0. The van der Waals surface area contributed by atoms with Crippen LogP contribution in [0.1, 0.15) is 12.8 Å². The van der Waals surface area contributed by atoms with Crippen molar-refractivity contribution in [3.05, 3.63) is 0 Å². The molecule has 0 N–H and O–H groups in total. The van der Waals surface area contributed by atoms with E-state index in [0.29, 0.717) is 5.60 Å². The average molecular weight is 176 g/mol. The summed E-state index contributed by atoms with van der Waals surface area (Å²) in [6.45, 7) is 4.94. The standard InChI is InChI=1S/C8H13NO.ClH/c1-3-9-4-2-7(1)8(5-9)6-10-8;/h7H,1-6H2;1H. The second kappa shape index (κ2) is 2.35. The fourth-order valence-corrected chi connectivity index (χ4v) is 2.54. The minimum atomic E-state index is 0. The maximum absolute atomic E-state index is 5.53. The second-order valence-corrected chi connectivity index (χ2v) is 3.90. The maximum Gasteiger partial charge on any atom is 0.107 e. The lowest BCUT2D eigenvalue weighted by atomic mass is 9.79. The van der Waals surface area contributed by atoms with Crippen LogP contribution < -0.4 is 0 Å². The van der Waals surface area contributed by atoms with Crippen molar-refractivity contribution in [3.63, 3.8) is 0 Å². The molecule has 4 aliphatic rings. The van der Waals surface area contributed by atoms with E-state index in [-0.39, 0.29) is 12.4 Å². The first-order valence-corrected chi connectivity index (χ1v) is 4.25. The number of epoxide rings is 1. The molecule has 1 spiro atoms. The maximum atomic E-state index is 5.53. The largest absolute Gasteiger partial charge is 0.368 e. The van der Waals surface area contributed by atoms with Crippen LogP contribution >= 0.6 is 12.4 Å². The van der Waals surface area contributed by atoms with E-state index < -0.39 is 0 Å². The molecule has 2 nitrogen and oxygen atoms in total.